The Kier molecular flexibility index (Phi) is 4.08. The number of H-pyrrole nitrogens is 1. The number of benzene rings is 1. The molecule has 4 nitrogen and oxygen atoms in total. The molecule has 0 amide bonds. The first-order valence-electron chi connectivity index (χ1n) is 8.77. The summed E-state index contributed by atoms with van der Waals surface area (Å²) in [5.41, 5.74) is 5.22. The fourth-order valence-corrected chi connectivity index (χ4v) is 3.83. The van der Waals surface area contributed by atoms with Gasteiger partial charge in [-0.2, -0.15) is 5.10 Å². The summed E-state index contributed by atoms with van der Waals surface area (Å²) in [6.07, 6.45) is 4.72. The summed E-state index contributed by atoms with van der Waals surface area (Å²) >= 11 is 0. The second-order valence-corrected chi connectivity index (χ2v) is 6.91. The van der Waals surface area contributed by atoms with Crippen LogP contribution in [0.4, 0.5) is 0 Å². The zero-order valence-corrected chi connectivity index (χ0v) is 13.8. The van der Waals surface area contributed by atoms with E-state index in [-0.39, 0.29) is 0 Å². The van der Waals surface area contributed by atoms with Gasteiger partial charge in [0.1, 0.15) is 5.75 Å². The van der Waals surface area contributed by atoms with Crippen LogP contribution in [0.2, 0.25) is 0 Å². The van der Waals surface area contributed by atoms with Gasteiger partial charge in [0.15, 0.2) is 0 Å². The normalized spacial score (nSPS) is 21.2. The number of nitrogens with one attached hydrogen (secondary N) is 1. The Morgan fingerprint density at radius 3 is 3.17 bits per heavy atom. The lowest BCUT2D eigenvalue weighted by molar-refractivity contribution is 0.208. The monoisotopic (exact) mass is 311 g/mol. The first-order valence-corrected chi connectivity index (χ1v) is 8.77. The SMILES string of the molecule is Cc1cc(C2CCCN(CCc3ccc4c(c3)CCO4)C2)n[nH]1. The van der Waals surface area contributed by atoms with Crippen LogP contribution in [0.1, 0.15) is 41.3 Å². The van der Waals surface area contributed by atoms with Crippen molar-refractivity contribution in [3.05, 3.63) is 46.8 Å². The summed E-state index contributed by atoms with van der Waals surface area (Å²) in [5.74, 6) is 1.67. The van der Waals surface area contributed by atoms with Gasteiger partial charge >= 0.3 is 0 Å². The first-order chi connectivity index (χ1) is 11.3. The molecule has 1 unspecified atom stereocenters. The maximum absolute atomic E-state index is 5.59. The predicted molar refractivity (Wildman–Crippen MR) is 91.1 cm³/mol. The number of hydrogen-bond donors (Lipinski definition) is 1. The fourth-order valence-electron chi connectivity index (χ4n) is 3.83. The second kappa shape index (κ2) is 6.36. The summed E-state index contributed by atoms with van der Waals surface area (Å²) in [6, 6.07) is 8.90. The molecule has 0 aliphatic carbocycles. The zero-order valence-electron chi connectivity index (χ0n) is 13.8. The third-order valence-electron chi connectivity index (χ3n) is 5.12. The number of rotatable bonds is 4. The largest absolute Gasteiger partial charge is 0.493 e. The van der Waals surface area contributed by atoms with Crippen molar-refractivity contribution in [1.29, 1.82) is 0 Å². The van der Waals surface area contributed by atoms with Gasteiger partial charge < -0.3 is 9.64 Å². The van der Waals surface area contributed by atoms with Gasteiger partial charge in [0.25, 0.3) is 0 Å². The van der Waals surface area contributed by atoms with Gasteiger partial charge in [-0.3, -0.25) is 5.10 Å². The first kappa shape index (κ1) is 14.8. The van der Waals surface area contributed by atoms with E-state index in [4.69, 9.17) is 4.74 Å². The van der Waals surface area contributed by atoms with Crippen LogP contribution in [0.15, 0.2) is 24.3 Å². The van der Waals surface area contributed by atoms with Crippen LogP contribution in [0.3, 0.4) is 0 Å². The van der Waals surface area contributed by atoms with E-state index < -0.39 is 0 Å². The summed E-state index contributed by atoms with van der Waals surface area (Å²) in [5, 5.41) is 7.55. The molecule has 0 spiro atoms. The molecule has 1 fully saturated rings. The van der Waals surface area contributed by atoms with Gasteiger partial charge in [-0.05, 0) is 56.0 Å². The van der Waals surface area contributed by atoms with Gasteiger partial charge in [0.2, 0.25) is 0 Å². The summed E-state index contributed by atoms with van der Waals surface area (Å²) in [6.45, 7) is 6.41. The quantitative estimate of drug-likeness (QED) is 0.943. The van der Waals surface area contributed by atoms with Crippen LogP contribution in [0.5, 0.6) is 5.75 Å². The van der Waals surface area contributed by atoms with Crippen LogP contribution in [0, 0.1) is 6.92 Å². The van der Waals surface area contributed by atoms with Gasteiger partial charge in [-0.1, -0.05) is 12.1 Å². The summed E-state index contributed by atoms with van der Waals surface area (Å²) in [4.78, 5) is 2.60. The third kappa shape index (κ3) is 3.27. The highest BCUT2D eigenvalue weighted by atomic mass is 16.5. The molecule has 1 atom stereocenters. The van der Waals surface area contributed by atoms with E-state index in [1.807, 2.05) is 0 Å². The molecule has 4 rings (SSSR count). The highest BCUT2D eigenvalue weighted by Crippen LogP contribution is 2.28. The lowest BCUT2D eigenvalue weighted by Gasteiger charge is -2.31. The number of fused-ring (bicyclic) bond motifs is 1. The lowest BCUT2D eigenvalue weighted by atomic mass is 9.94. The number of ether oxygens (including phenoxy) is 1. The molecule has 2 aromatic rings. The minimum absolute atomic E-state index is 0.585. The molecular formula is C19H25N3O. The molecular weight excluding hydrogens is 286 g/mol. The number of nitrogens with zero attached hydrogens (tertiary/aromatic N) is 2. The highest BCUT2D eigenvalue weighted by molar-refractivity contribution is 5.39. The molecule has 1 N–H and O–H groups in total. The Balaban J connectivity index is 1.35. The van der Waals surface area contributed by atoms with Crippen molar-refractivity contribution in [3.63, 3.8) is 0 Å². The predicted octanol–water partition coefficient (Wildman–Crippen LogP) is 3.08. The number of aromatic nitrogens is 2. The molecule has 2 aliphatic heterocycles. The molecule has 3 heterocycles. The second-order valence-electron chi connectivity index (χ2n) is 6.91. The van der Waals surface area contributed by atoms with Crippen molar-refractivity contribution in [2.24, 2.45) is 0 Å². The Labute approximate surface area is 137 Å². The highest BCUT2D eigenvalue weighted by Gasteiger charge is 2.23. The topological polar surface area (TPSA) is 41.1 Å². The van der Waals surface area contributed by atoms with E-state index in [0.717, 1.165) is 44.0 Å². The average molecular weight is 311 g/mol. The van der Waals surface area contributed by atoms with Crippen molar-refractivity contribution in [3.8, 4) is 5.75 Å². The molecule has 1 aromatic heterocycles. The van der Waals surface area contributed by atoms with Gasteiger partial charge in [-0.25, -0.2) is 0 Å². The smallest absolute Gasteiger partial charge is 0.122 e. The van der Waals surface area contributed by atoms with Crippen molar-refractivity contribution in [1.82, 2.24) is 15.1 Å². The lowest BCUT2D eigenvalue weighted by Crippen LogP contribution is -2.35. The van der Waals surface area contributed by atoms with Crippen LogP contribution in [-0.2, 0) is 12.8 Å². The van der Waals surface area contributed by atoms with Crippen LogP contribution < -0.4 is 4.74 Å². The fraction of sp³-hybridized carbons (Fsp3) is 0.526. The van der Waals surface area contributed by atoms with Gasteiger partial charge in [0, 0.05) is 31.1 Å². The van der Waals surface area contributed by atoms with E-state index in [1.165, 1.54) is 36.2 Å². The van der Waals surface area contributed by atoms with Crippen molar-refractivity contribution in [2.45, 2.75) is 38.5 Å². The number of aryl methyl sites for hydroxylation is 1. The molecule has 1 aromatic carbocycles. The molecule has 0 radical (unpaired) electrons. The molecule has 2 aliphatic rings. The Morgan fingerprint density at radius 1 is 1.35 bits per heavy atom. The Morgan fingerprint density at radius 2 is 2.30 bits per heavy atom. The van der Waals surface area contributed by atoms with E-state index in [2.05, 4.69) is 46.3 Å². The molecule has 23 heavy (non-hydrogen) atoms. The van der Waals surface area contributed by atoms with Crippen LogP contribution in [-0.4, -0.2) is 41.3 Å². The van der Waals surface area contributed by atoms with E-state index in [9.17, 15) is 0 Å². The zero-order chi connectivity index (χ0) is 15.6. The molecule has 0 saturated carbocycles. The standard InChI is InChI=1S/C19H25N3O/c1-14-11-18(21-20-14)17-3-2-8-22(13-17)9-6-15-4-5-19-16(12-15)7-10-23-19/h4-5,11-12,17H,2-3,6-10,13H2,1H3,(H,20,21). The number of likely N-dealkylation sites (tertiary alicyclic amines) is 1. The Hall–Kier alpha value is -1.81. The Bertz CT molecular complexity index is 679. The number of hydrogen-bond acceptors (Lipinski definition) is 3. The summed E-state index contributed by atoms with van der Waals surface area (Å²) < 4.78 is 5.59. The third-order valence-corrected chi connectivity index (χ3v) is 5.12. The average Bonchev–Trinajstić information content (AvgIpc) is 3.21. The number of aromatic amines is 1. The molecule has 1 saturated heterocycles. The van der Waals surface area contributed by atoms with Crippen molar-refractivity contribution in [2.75, 3.05) is 26.2 Å². The van der Waals surface area contributed by atoms with Gasteiger partial charge in [-0.15, -0.1) is 0 Å². The molecule has 4 heteroatoms. The number of piperidine rings is 1. The minimum Gasteiger partial charge on any atom is -0.493 e. The minimum atomic E-state index is 0.585. The van der Waals surface area contributed by atoms with Gasteiger partial charge in [0.05, 0.1) is 12.3 Å². The van der Waals surface area contributed by atoms with Crippen LogP contribution in [0.25, 0.3) is 0 Å². The van der Waals surface area contributed by atoms with E-state index >= 15 is 0 Å². The van der Waals surface area contributed by atoms with E-state index in [0.29, 0.717) is 5.92 Å². The molecule has 0 bridgehead atoms. The van der Waals surface area contributed by atoms with E-state index in [1.54, 1.807) is 0 Å². The maximum atomic E-state index is 5.59. The van der Waals surface area contributed by atoms with Crippen molar-refractivity contribution < 1.29 is 4.74 Å². The maximum Gasteiger partial charge on any atom is 0.122 e. The molecule has 122 valence electrons. The van der Waals surface area contributed by atoms with Crippen molar-refractivity contribution >= 4 is 0 Å². The summed E-state index contributed by atoms with van der Waals surface area (Å²) in [7, 11) is 0. The van der Waals surface area contributed by atoms with Crippen LogP contribution >= 0.6 is 0 Å².